The van der Waals surface area contributed by atoms with Gasteiger partial charge in [0.05, 0.1) is 5.69 Å². The van der Waals surface area contributed by atoms with Crippen LogP contribution in [0.25, 0.3) is 0 Å². The van der Waals surface area contributed by atoms with E-state index in [4.69, 9.17) is 0 Å². The summed E-state index contributed by atoms with van der Waals surface area (Å²) in [6, 6.07) is 4.62. The standard InChI is InChI=1S/C12H14BrFN2O.ClH/c13-9-1-2-11(10(14)7-9)16-12(17)8-3-5-15-6-4-8;/h1-2,7-8,15H,3-6H2,(H,16,17);1H. The molecule has 1 fully saturated rings. The van der Waals surface area contributed by atoms with E-state index in [1.807, 2.05) is 0 Å². The second-order valence-corrected chi connectivity index (χ2v) is 5.05. The number of carbonyl (C=O) groups excluding carboxylic acids is 1. The minimum absolute atomic E-state index is 0. The third kappa shape index (κ3) is 3.93. The first kappa shape index (κ1) is 15.4. The highest BCUT2D eigenvalue weighted by atomic mass is 79.9. The van der Waals surface area contributed by atoms with Crippen LogP contribution in [0.3, 0.4) is 0 Å². The van der Waals surface area contributed by atoms with Gasteiger partial charge >= 0.3 is 0 Å². The highest BCUT2D eigenvalue weighted by molar-refractivity contribution is 9.10. The minimum Gasteiger partial charge on any atom is -0.323 e. The Balaban J connectivity index is 0.00000162. The first-order valence-corrected chi connectivity index (χ1v) is 6.43. The predicted molar refractivity (Wildman–Crippen MR) is 75.6 cm³/mol. The molecule has 6 heteroatoms. The lowest BCUT2D eigenvalue weighted by Gasteiger charge is -2.21. The number of piperidine rings is 1. The van der Waals surface area contributed by atoms with E-state index in [0.717, 1.165) is 25.9 Å². The third-order valence-corrected chi connectivity index (χ3v) is 3.39. The summed E-state index contributed by atoms with van der Waals surface area (Å²) in [6.45, 7) is 1.70. The Labute approximate surface area is 120 Å². The molecule has 1 saturated heterocycles. The van der Waals surface area contributed by atoms with Crippen LogP contribution in [0.4, 0.5) is 10.1 Å². The molecule has 0 atom stereocenters. The molecular formula is C12H15BrClFN2O. The van der Waals surface area contributed by atoms with Crippen LogP contribution in [0, 0.1) is 11.7 Å². The number of nitrogens with one attached hydrogen (secondary N) is 2. The zero-order valence-corrected chi connectivity index (χ0v) is 12.1. The molecule has 1 aromatic rings. The zero-order valence-electron chi connectivity index (χ0n) is 9.71. The average molecular weight is 338 g/mol. The monoisotopic (exact) mass is 336 g/mol. The molecule has 0 aliphatic carbocycles. The highest BCUT2D eigenvalue weighted by Crippen LogP contribution is 2.21. The van der Waals surface area contributed by atoms with Crippen molar-refractivity contribution in [2.24, 2.45) is 5.92 Å². The summed E-state index contributed by atoms with van der Waals surface area (Å²) in [4.78, 5) is 11.9. The Hall–Kier alpha value is -0.650. The van der Waals surface area contributed by atoms with Crippen molar-refractivity contribution in [1.29, 1.82) is 0 Å². The van der Waals surface area contributed by atoms with Crippen LogP contribution in [0.15, 0.2) is 22.7 Å². The second kappa shape index (κ2) is 7.07. The molecule has 2 rings (SSSR count). The molecule has 18 heavy (non-hydrogen) atoms. The normalized spacial score (nSPS) is 15.9. The maximum absolute atomic E-state index is 13.5. The number of hydrogen-bond acceptors (Lipinski definition) is 2. The summed E-state index contributed by atoms with van der Waals surface area (Å²) in [7, 11) is 0. The zero-order chi connectivity index (χ0) is 12.3. The van der Waals surface area contributed by atoms with Gasteiger partial charge in [0.2, 0.25) is 5.91 Å². The maximum atomic E-state index is 13.5. The van der Waals surface area contributed by atoms with Crippen molar-refractivity contribution in [3.05, 3.63) is 28.5 Å². The van der Waals surface area contributed by atoms with Gasteiger partial charge in [0.1, 0.15) is 5.82 Å². The number of benzene rings is 1. The maximum Gasteiger partial charge on any atom is 0.227 e. The molecule has 0 radical (unpaired) electrons. The average Bonchev–Trinajstić information content (AvgIpc) is 2.34. The highest BCUT2D eigenvalue weighted by Gasteiger charge is 2.21. The van der Waals surface area contributed by atoms with E-state index in [2.05, 4.69) is 26.6 Å². The fraction of sp³-hybridized carbons (Fsp3) is 0.417. The largest absolute Gasteiger partial charge is 0.323 e. The van der Waals surface area contributed by atoms with Gasteiger partial charge in [-0.15, -0.1) is 12.4 Å². The molecule has 1 aromatic carbocycles. The van der Waals surface area contributed by atoms with Crippen molar-refractivity contribution in [2.75, 3.05) is 18.4 Å². The van der Waals surface area contributed by atoms with Crippen LogP contribution in [0.1, 0.15) is 12.8 Å². The van der Waals surface area contributed by atoms with Crippen molar-refractivity contribution in [3.8, 4) is 0 Å². The number of hydrogen-bond donors (Lipinski definition) is 2. The van der Waals surface area contributed by atoms with E-state index in [1.165, 1.54) is 6.07 Å². The van der Waals surface area contributed by atoms with Crippen molar-refractivity contribution in [3.63, 3.8) is 0 Å². The SMILES string of the molecule is Cl.O=C(Nc1ccc(Br)cc1F)C1CCNCC1. The lowest BCUT2D eigenvalue weighted by molar-refractivity contribution is -0.120. The van der Waals surface area contributed by atoms with Gasteiger partial charge in [0, 0.05) is 10.4 Å². The fourth-order valence-corrected chi connectivity index (χ4v) is 2.24. The molecule has 0 bridgehead atoms. The Morgan fingerprint density at radius 3 is 2.67 bits per heavy atom. The van der Waals surface area contributed by atoms with Crippen LogP contribution in [0.2, 0.25) is 0 Å². The van der Waals surface area contributed by atoms with Gasteiger partial charge in [-0.3, -0.25) is 4.79 Å². The summed E-state index contributed by atoms with van der Waals surface area (Å²) in [6.07, 6.45) is 1.62. The molecule has 0 aromatic heterocycles. The summed E-state index contributed by atoms with van der Waals surface area (Å²) < 4.78 is 14.2. The smallest absolute Gasteiger partial charge is 0.227 e. The molecule has 2 N–H and O–H groups in total. The first-order chi connectivity index (χ1) is 8.16. The minimum atomic E-state index is -0.415. The van der Waals surface area contributed by atoms with Gasteiger partial charge in [-0.1, -0.05) is 15.9 Å². The number of carbonyl (C=O) groups is 1. The second-order valence-electron chi connectivity index (χ2n) is 4.14. The van der Waals surface area contributed by atoms with E-state index in [1.54, 1.807) is 12.1 Å². The molecule has 1 aliphatic heterocycles. The third-order valence-electron chi connectivity index (χ3n) is 2.90. The van der Waals surface area contributed by atoms with Crippen LogP contribution < -0.4 is 10.6 Å². The molecule has 1 heterocycles. The molecule has 0 unspecified atom stereocenters. The molecule has 1 aliphatic rings. The topological polar surface area (TPSA) is 41.1 Å². The van der Waals surface area contributed by atoms with Gasteiger partial charge in [0.15, 0.2) is 0 Å². The Morgan fingerprint density at radius 2 is 2.06 bits per heavy atom. The van der Waals surface area contributed by atoms with E-state index >= 15 is 0 Å². The summed E-state index contributed by atoms with van der Waals surface area (Å²) in [5, 5.41) is 5.84. The van der Waals surface area contributed by atoms with Crippen molar-refractivity contribution >= 4 is 39.9 Å². The van der Waals surface area contributed by atoms with Crippen molar-refractivity contribution in [2.45, 2.75) is 12.8 Å². The molecule has 3 nitrogen and oxygen atoms in total. The van der Waals surface area contributed by atoms with E-state index in [0.29, 0.717) is 4.47 Å². The fourth-order valence-electron chi connectivity index (χ4n) is 1.91. The van der Waals surface area contributed by atoms with Gasteiger partial charge < -0.3 is 10.6 Å². The molecular weight excluding hydrogens is 323 g/mol. The molecule has 100 valence electrons. The summed E-state index contributed by atoms with van der Waals surface area (Å²) in [5.74, 6) is -0.520. The quantitative estimate of drug-likeness (QED) is 0.871. The van der Waals surface area contributed by atoms with E-state index < -0.39 is 5.82 Å². The Kier molecular flexibility index (Phi) is 6.05. The van der Waals surface area contributed by atoms with Crippen LogP contribution in [0.5, 0.6) is 0 Å². The van der Waals surface area contributed by atoms with Crippen LogP contribution >= 0.6 is 28.3 Å². The predicted octanol–water partition coefficient (Wildman–Crippen LogP) is 2.95. The van der Waals surface area contributed by atoms with Crippen LogP contribution in [-0.4, -0.2) is 19.0 Å². The molecule has 1 amide bonds. The van der Waals surface area contributed by atoms with Gasteiger partial charge in [-0.2, -0.15) is 0 Å². The lowest BCUT2D eigenvalue weighted by Crippen LogP contribution is -2.34. The summed E-state index contributed by atoms with van der Waals surface area (Å²) >= 11 is 3.18. The Bertz CT molecular complexity index is 425. The van der Waals surface area contributed by atoms with Crippen molar-refractivity contribution in [1.82, 2.24) is 5.32 Å². The van der Waals surface area contributed by atoms with Gasteiger partial charge in [-0.05, 0) is 44.1 Å². The summed E-state index contributed by atoms with van der Waals surface area (Å²) in [5.41, 5.74) is 0.247. The lowest BCUT2D eigenvalue weighted by atomic mass is 9.97. The van der Waals surface area contributed by atoms with Gasteiger partial charge in [-0.25, -0.2) is 4.39 Å². The van der Waals surface area contributed by atoms with Gasteiger partial charge in [0.25, 0.3) is 0 Å². The molecule has 0 spiro atoms. The van der Waals surface area contributed by atoms with Crippen molar-refractivity contribution < 1.29 is 9.18 Å². The van der Waals surface area contributed by atoms with E-state index in [9.17, 15) is 9.18 Å². The number of amides is 1. The number of halogens is 3. The molecule has 0 saturated carbocycles. The number of rotatable bonds is 2. The number of anilines is 1. The Morgan fingerprint density at radius 1 is 1.39 bits per heavy atom. The van der Waals surface area contributed by atoms with E-state index in [-0.39, 0.29) is 29.9 Å². The first-order valence-electron chi connectivity index (χ1n) is 5.63. The van der Waals surface area contributed by atoms with Crippen LogP contribution in [-0.2, 0) is 4.79 Å².